The Kier molecular flexibility index (Phi) is 5.05. The van der Waals surface area contributed by atoms with E-state index in [0.717, 1.165) is 0 Å². The topological polar surface area (TPSA) is 66.4 Å². The Balaban J connectivity index is 2.70. The van der Waals surface area contributed by atoms with Gasteiger partial charge in [-0.3, -0.25) is 4.79 Å². The zero-order valence-corrected chi connectivity index (χ0v) is 11.6. The van der Waals surface area contributed by atoms with Gasteiger partial charge >= 0.3 is 12.1 Å². The van der Waals surface area contributed by atoms with Crippen LogP contribution in [0.1, 0.15) is 46.0 Å². The van der Waals surface area contributed by atoms with E-state index < -0.39 is 35.4 Å². The summed E-state index contributed by atoms with van der Waals surface area (Å²) >= 11 is 0. The molecule has 0 heterocycles. The van der Waals surface area contributed by atoms with Crippen molar-refractivity contribution in [3.8, 4) is 0 Å². The Morgan fingerprint density at radius 2 is 1.90 bits per heavy atom. The van der Waals surface area contributed by atoms with Gasteiger partial charge in [0, 0.05) is 5.92 Å². The van der Waals surface area contributed by atoms with E-state index in [1.807, 2.05) is 0 Å². The quantitative estimate of drug-likeness (QED) is 0.838. The summed E-state index contributed by atoms with van der Waals surface area (Å²) in [4.78, 5) is 23.1. The number of amides is 1. The predicted octanol–water partition coefficient (Wildman–Crippen LogP) is 2.72. The molecule has 0 aliphatic heterocycles. The van der Waals surface area contributed by atoms with Crippen molar-refractivity contribution in [2.45, 2.75) is 57.7 Å². The van der Waals surface area contributed by atoms with Gasteiger partial charge in [0.1, 0.15) is 5.54 Å². The van der Waals surface area contributed by atoms with Gasteiger partial charge in [0.15, 0.2) is 0 Å². The number of alkyl halides is 3. The number of halogens is 3. The van der Waals surface area contributed by atoms with E-state index in [4.69, 9.17) is 5.11 Å². The standard InChI is InChI=1S/C13H20F3NO3/c1-3-12(2,11(19)20)17-10(18)8-5-4-6-9(7-8)13(14,15)16/h8-9H,3-7H2,1-2H3,(H,17,18)(H,19,20). The molecule has 2 N–H and O–H groups in total. The third-order valence-electron chi connectivity index (χ3n) is 4.09. The Bertz CT molecular complexity index is 384. The fraction of sp³-hybridized carbons (Fsp3) is 0.846. The molecule has 1 rings (SSSR count). The van der Waals surface area contributed by atoms with Crippen molar-refractivity contribution in [3.05, 3.63) is 0 Å². The van der Waals surface area contributed by atoms with Crippen molar-refractivity contribution in [1.29, 1.82) is 0 Å². The lowest BCUT2D eigenvalue weighted by Crippen LogP contribution is -2.54. The number of carbonyl (C=O) groups excluding carboxylic acids is 1. The van der Waals surface area contributed by atoms with E-state index in [2.05, 4.69) is 5.32 Å². The van der Waals surface area contributed by atoms with Gasteiger partial charge in [0.2, 0.25) is 5.91 Å². The van der Waals surface area contributed by atoms with Crippen LogP contribution in [0.25, 0.3) is 0 Å². The van der Waals surface area contributed by atoms with Crippen LogP contribution in [0.3, 0.4) is 0 Å². The van der Waals surface area contributed by atoms with Gasteiger partial charge in [-0.2, -0.15) is 13.2 Å². The summed E-state index contributed by atoms with van der Waals surface area (Å²) in [5.74, 6) is -4.01. The van der Waals surface area contributed by atoms with Crippen molar-refractivity contribution < 1.29 is 27.9 Å². The molecule has 20 heavy (non-hydrogen) atoms. The molecule has 0 radical (unpaired) electrons. The molecule has 1 aliphatic carbocycles. The minimum absolute atomic E-state index is 0.0389. The van der Waals surface area contributed by atoms with Gasteiger partial charge in [0.05, 0.1) is 5.92 Å². The molecule has 7 heteroatoms. The normalized spacial score (nSPS) is 26.6. The molecule has 1 aliphatic rings. The van der Waals surface area contributed by atoms with E-state index in [1.165, 1.54) is 6.92 Å². The summed E-state index contributed by atoms with van der Waals surface area (Å²) in [5, 5.41) is 11.4. The average Bonchev–Trinajstić information content (AvgIpc) is 2.37. The van der Waals surface area contributed by atoms with E-state index in [0.29, 0.717) is 12.8 Å². The van der Waals surface area contributed by atoms with Crippen molar-refractivity contribution in [3.63, 3.8) is 0 Å². The minimum Gasteiger partial charge on any atom is -0.480 e. The lowest BCUT2D eigenvalue weighted by molar-refractivity contribution is -0.186. The lowest BCUT2D eigenvalue weighted by Gasteiger charge is -2.32. The largest absolute Gasteiger partial charge is 0.480 e. The van der Waals surface area contributed by atoms with Gasteiger partial charge in [-0.15, -0.1) is 0 Å². The van der Waals surface area contributed by atoms with Crippen molar-refractivity contribution >= 4 is 11.9 Å². The monoisotopic (exact) mass is 295 g/mol. The molecular formula is C13H20F3NO3. The molecular weight excluding hydrogens is 275 g/mol. The van der Waals surface area contributed by atoms with E-state index in [1.54, 1.807) is 6.92 Å². The summed E-state index contributed by atoms with van der Waals surface area (Å²) in [6, 6.07) is 0. The highest BCUT2D eigenvalue weighted by molar-refractivity contribution is 5.87. The fourth-order valence-electron chi connectivity index (χ4n) is 2.39. The highest BCUT2D eigenvalue weighted by Gasteiger charge is 2.44. The first-order valence-corrected chi connectivity index (χ1v) is 6.72. The first kappa shape index (κ1) is 16.8. The van der Waals surface area contributed by atoms with Gasteiger partial charge in [0.25, 0.3) is 0 Å². The predicted molar refractivity (Wildman–Crippen MR) is 66.0 cm³/mol. The van der Waals surface area contributed by atoms with Gasteiger partial charge in [-0.1, -0.05) is 13.3 Å². The van der Waals surface area contributed by atoms with Gasteiger partial charge in [-0.25, -0.2) is 4.79 Å². The minimum atomic E-state index is -4.29. The zero-order chi connectivity index (χ0) is 15.6. The second-order valence-electron chi connectivity index (χ2n) is 5.58. The Morgan fingerprint density at radius 3 is 2.35 bits per heavy atom. The van der Waals surface area contributed by atoms with Crippen LogP contribution in [0, 0.1) is 11.8 Å². The van der Waals surface area contributed by atoms with Crippen LogP contribution in [0.4, 0.5) is 13.2 Å². The fourth-order valence-corrected chi connectivity index (χ4v) is 2.39. The molecule has 0 aromatic rings. The van der Waals surface area contributed by atoms with Crippen LogP contribution >= 0.6 is 0 Å². The summed E-state index contributed by atoms with van der Waals surface area (Å²) in [6.45, 7) is 2.96. The maximum absolute atomic E-state index is 12.7. The third-order valence-corrected chi connectivity index (χ3v) is 4.09. The zero-order valence-electron chi connectivity index (χ0n) is 11.6. The number of hydrogen-bond acceptors (Lipinski definition) is 2. The number of hydrogen-bond donors (Lipinski definition) is 2. The smallest absolute Gasteiger partial charge is 0.391 e. The molecule has 3 atom stereocenters. The molecule has 3 unspecified atom stereocenters. The molecule has 116 valence electrons. The average molecular weight is 295 g/mol. The lowest BCUT2D eigenvalue weighted by atomic mass is 9.80. The van der Waals surface area contributed by atoms with Crippen molar-refractivity contribution in [1.82, 2.24) is 5.32 Å². The van der Waals surface area contributed by atoms with Crippen LogP contribution in [0.15, 0.2) is 0 Å². The summed E-state index contributed by atoms with van der Waals surface area (Å²) < 4.78 is 38.1. The molecule has 1 fully saturated rings. The Hall–Kier alpha value is -1.27. The number of carbonyl (C=O) groups is 2. The van der Waals surface area contributed by atoms with Crippen LogP contribution < -0.4 is 5.32 Å². The molecule has 1 amide bonds. The van der Waals surface area contributed by atoms with Crippen LogP contribution in [-0.4, -0.2) is 28.7 Å². The molecule has 0 spiro atoms. The maximum atomic E-state index is 12.7. The Morgan fingerprint density at radius 1 is 1.30 bits per heavy atom. The van der Waals surface area contributed by atoms with Crippen LogP contribution in [0.2, 0.25) is 0 Å². The third kappa shape index (κ3) is 3.86. The number of aliphatic carboxylic acids is 1. The van der Waals surface area contributed by atoms with Crippen molar-refractivity contribution in [2.24, 2.45) is 11.8 Å². The number of nitrogens with one attached hydrogen (secondary N) is 1. The summed E-state index contributed by atoms with van der Waals surface area (Å²) in [7, 11) is 0. The van der Waals surface area contributed by atoms with Crippen LogP contribution in [0.5, 0.6) is 0 Å². The second-order valence-corrected chi connectivity index (χ2v) is 5.58. The first-order chi connectivity index (χ1) is 9.10. The second kappa shape index (κ2) is 6.01. The number of carboxylic acid groups (broad SMARTS) is 1. The van der Waals surface area contributed by atoms with Crippen LogP contribution in [-0.2, 0) is 9.59 Å². The number of carboxylic acids is 1. The molecule has 0 saturated heterocycles. The van der Waals surface area contributed by atoms with Gasteiger partial charge in [-0.05, 0) is 32.6 Å². The number of rotatable bonds is 4. The first-order valence-electron chi connectivity index (χ1n) is 6.72. The SMILES string of the molecule is CCC(C)(NC(=O)C1CCCC(C(F)(F)F)C1)C(=O)O. The van der Waals surface area contributed by atoms with E-state index in [9.17, 15) is 22.8 Å². The molecule has 1 saturated carbocycles. The van der Waals surface area contributed by atoms with Gasteiger partial charge < -0.3 is 10.4 Å². The molecule has 4 nitrogen and oxygen atoms in total. The molecule has 0 aromatic heterocycles. The highest BCUT2D eigenvalue weighted by Crippen LogP contribution is 2.40. The maximum Gasteiger partial charge on any atom is 0.391 e. The molecule has 0 aromatic carbocycles. The Labute approximate surface area is 115 Å². The van der Waals surface area contributed by atoms with E-state index in [-0.39, 0.29) is 19.3 Å². The summed E-state index contributed by atoms with van der Waals surface area (Å²) in [6.07, 6.45) is -3.63. The highest BCUT2D eigenvalue weighted by atomic mass is 19.4. The molecule has 0 bridgehead atoms. The van der Waals surface area contributed by atoms with E-state index >= 15 is 0 Å². The summed E-state index contributed by atoms with van der Waals surface area (Å²) in [5.41, 5.74) is -1.43. The van der Waals surface area contributed by atoms with Crippen molar-refractivity contribution in [2.75, 3.05) is 0 Å².